The van der Waals surface area contributed by atoms with Gasteiger partial charge >= 0.3 is 0 Å². The molecule has 1 saturated heterocycles. The molecule has 0 bridgehead atoms. The summed E-state index contributed by atoms with van der Waals surface area (Å²) in [6.07, 6.45) is 3.40. The monoisotopic (exact) mass is 495 g/mol. The molecule has 4 rings (SSSR count). The number of nitrogens with zero attached hydrogens (tertiary/aromatic N) is 5. The van der Waals surface area contributed by atoms with Crippen LogP contribution in [0.5, 0.6) is 0 Å². The van der Waals surface area contributed by atoms with Gasteiger partial charge in [-0.2, -0.15) is 0 Å². The first-order valence-corrected chi connectivity index (χ1v) is 13.0. The lowest BCUT2D eigenvalue weighted by Crippen LogP contribution is -2.46. The van der Waals surface area contributed by atoms with Crippen LogP contribution in [0.2, 0.25) is 0 Å². The molecular weight excluding hydrogens is 454 g/mol. The maximum absolute atomic E-state index is 6.36. The van der Waals surface area contributed by atoms with Crippen molar-refractivity contribution in [1.29, 1.82) is 0 Å². The summed E-state index contributed by atoms with van der Waals surface area (Å²) in [4.78, 5) is 17.0. The van der Waals surface area contributed by atoms with Gasteiger partial charge in [-0.25, -0.2) is 9.97 Å². The fourth-order valence-corrected chi connectivity index (χ4v) is 4.62. The van der Waals surface area contributed by atoms with Gasteiger partial charge in [-0.1, -0.05) is 19.9 Å². The number of anilines is 1. The number of piperidine rings is 1. The summed E-state index contributed by atoms with van der Waals surface area (Å²) < 4.78 is 13.7. The number of hydrogen-bond donors (Lipinski definition) is 2. The van der Waals surface area contributed by atoms with E-state index < -0.39 is 6.23 Å². The zero-order valence-electron chi connectivity index (χ0n) is 22.3. The second-order valence-corrected chi connectivity index (χ2v) is 10.2. The quantitative estimate of drug-likeness (QED) is 0.390. The summed E-state index contributed by atoms with van der Waals surface area (Å²) in [5.74, 6) is 1.25. The molecule has 4 heterocycles. The number of hydrogen-bond acceptors (Lipinski definition) is 8. The van der Waals surface area contributed by atoms with Crippen molar-refractivity contribution in [2.24, 2.45) is 11.7 Å². The molecule has 3 N–H and O–H groups in total. The lowest BCUT2D eigenvalue weighted by Gasteiger charge is -2.35. The van der Waals surface area contributed by atoms with E-state index in [1.807, 2.05) is 37.4 Å². The predicted octanol–water partition coefficient (Wildman–Crippen LogP) is 3.51. The van der Waals surface area contributed by atoms with E-state index in [0.717, 1.165) is 66.5 Å². The number of fused-ring (bicyclic) bond motifs is 1. The van der Waals surface area contributed by atoms with Gasteiger partial charge in [0.25, 0.3) is 0 Å². The zero-order valence-corrected chi connectivity index (χ0v) is 22.3. The van der Waals surface area contributed by atoms with Crippen molar-refractivity contribution in [2.75, 3.05) is 45.3 Å². The Morgan fingerprint density at radius 3 is 2.58 bits per heavy atom. The number of nitrogens with one attached hydrogen (secondary N) is 1. The van der Waals surface area contributed by atoms with E-state index in [4.69, 9.17) is 30.2 Å². The van der Waals surface area contributed by atoms with Crippen molar-refractivity contribution < 1.29 is 9.47 Å². The number of aromatic nitrogens is 4. The Hall–Kier alpha value is -2.59. The molecule has 2 atom stereocenters. The average molecular weight is 496 g/mol. The number of methoxy groups -OCH3 is 1. The van der Waals surface area contributed by atoms with E-state index in [0.29, 0.717) is 25.2 Å². The number of pyridine rings is 2. The Morgan fingerprint density at radius 1 is 1.11 bits per heavy atom. The molecular formula is C27H41N7O2. The van der Waals surface area contributed by atoms with Gasteiger partial charge in [0.1, 0.15) is 5.52 Å². The Bertz CT molecular complexity index is 1120. The second kappa shape index (κ2) is 12.1. The van der Waals surface area contributed by atoms with Crippen LogP contribution in [-0.2, 0) is 9.47 Å². The Morgan fingerprint density at radius 2 is 1.89 bits per heavy atom. The summed E-state index contributed by atoms with van der Waals surface area (Å²) in [7, 11) is 1.67. The normalized spacial score (nSPS) is 17.1. The van der Waals surface area contributed by atoms with Gasteiger partial charge in [0.05, 0.1) is 18.9 Å². The van der Waals surface area contributed by atoms with Crippen LogP contribution in [0.15, 0.2) is 30.5 Å². The average Bonchev–Trinajstić information content (AvgIpc) is 3.22. The maximum Gasteiger partial charge on any atom is 0.207 e. The lowest BCUT2D eigenvalue weighted by molar-refractivity contribution is 0.00153. The molecule has 1 aliphatic heterocycles. The highest BCUT2D eigenvalue weighted by atomic mass is 16.5. The molecule has 9 heteroatoms. The first-order valence-electron chi connectivity index (χ1n) is 13.0. The first kappa shape index (κ1) is 26.5. The first-order chi connectivity index (χ1) is 17.4. The van der Waals surface area contributed by atoms with E-state index in [9.17, 15) is 0 Å². The number of rotatable bonds is 11. The third-order valence-electron chi connectivity index (χ3n) is 6.99. The Kier molecular flexibility index (Phi) is 8.90. The van der Waals surface area contributed by atoms with Crippen LogP contribution in [0.1, 0.15) is 49.9 Å². The van der Waals surface area contributed by atoms with Gasteiger partial charge in [-0.05, 0) is 56.4 Å². The maximum atomic E-state index is 6.36. The van der Waals surface area contributed by atoms with Crippen molar-refractivity contribution in [3.05, 3.63) is 47.4 Å². The smallest absolute Gasteiger partial charge is 0.207 e. The number of likely N-dealkylation sites (tertiary alicyclic amines) is 1. The van der Waals surface area contributed by atoms with E-state index in [1.165, 1.54) is 0 Å². The molecule has 2 unspecified atom stereocenters. The summed E-state index contributed by atoms with van der Waals surface area (Å²) in [5, 5.41) is 3.73. The molecule has 0 spiro atoms. The molecule has 3 aromatic rings. The third kappa shape index (κ3) is 6.21. The standard InChI is InChI=1S/C27H41N7O2/c1-18(2)22(28)17-33-13-10-21(11-14-33)31-27-32-24-19(3)9-12-29-25(24)34(27)26(36-16-15-35-5)23-8-6-7-20(4)30-23/h6-9,12,18,21-22,26H,10-11,13-17,28H2,1-5H3,(H,31,32). The summed E-state index contributed by atoms with van der Waals surface area (Å²) in [6, 6.07) is 8.49. The van der Waals surface area contributed by atoms with Crippen LogP contribution in [0.3, 0.4) is 0 Å². The van der Waals surface area contributed by atoms with Crippen LogP contribution in [0, 0.1) is 19.8 Å². The Balaban J connectivity index is 1.63. The minimum Gasteiger partial charge on any atom is -0.382 e. The molecule has 1 aliphatic rings. The fourth-order valence-electron chi connectivity index (χ4n) is 4.62. The number of aryl methyl sites for hydroxylation is 2. The van der Waals surface area contributed by atoms with Crippen LogP contribution >= 0.6 is 0 Å². The third-order valence-corrected chi connectivity index (χ3v) is 6.99. The van der Waals surface area contributed by atoms with Crippen molar-refractivity contribution in [3.8, 4) is 0 Å². The largest absolute Gasteiger partial charge is 0.382 e. The zero-order chi connectivity index (χ0) is 25.7. The van der Waals surface area contributed by atoms with E-state index >= 15 is 0 Å². The highest BCUT2D eigenvalue weighted by Gasteiger charge is 2.28. The van der Waals surface area contributed by atoms with E-state index in [1.54, 1.807) is 7.11 Å². The van der Waals surface area contributed by atoms with Gasteiger partial charge in [0.2, 0.25) is 5.95 Å². The molecule has 0 saturated carbocycles. The van der Waals surface area contributed by atoms with Gasteiger partial charge in [0.15, 0.2) is 11.9 Å². The van der Waals surface area contributed by atoms with Crippen LogP contribution in [0.25, 0.3) is 11.2 Å². The number of imidazole rings is 1. The van der Waals surface area contributed by atoms with E-state index in [2.05, 4.69) is 35.6 Å². The fraction of sp³-hybridized carbons (Fsp3) is 0.593. The van der Waals surface area contributed by atoms with Gasteiger partial charge in [-0.15, -0.1) is 0 Å². The molecule has 1 fully saturated rings. The molecule has 3 aromatic heterocycles. The van der Waals surface area contributed by atoms with Crippen molar-refractivity contribution >= 4 is 17.1 Å². The molecule has 196 valence electrons. The molecule has 9 nitrogen and oxygen atoms in total. The van der Waals surface area contributed by atoms with Gasteiger partial charge in [-0.3, -0.25) is 9.55 Å². The highest BCUT2D eigenvalue weighted by molar-refractivity contribution is 5.78. The van der Waals surface area contributed by atoms with Crippen LogP contribution in [0.4, 0.5) is 5.95 Å². The molecule has 36 heavy (non-hydrogen) atoms. The van der Waals surface area contributed by atoms with Crippen molar-refractivity contribution in [2.45, 2.75) is 58.8 Å². The molecule has 0 aromatic carbocycles. The Labute approximate surface area is 214 Å². The molecule has 0 amide bonds. The van der Waals surface area contributed by atoms with E-state index in [-0.39, 0.29) is 6.04 Å². The second-order valence-electron chi connectivity index (χ2n) is 10.2. The topological polar surface area (TPSA) is 103 Å². The molecule has 0 radical (unpaired) electrons. The summed E-state index contributed by atoms with van der Waals surface area (Å²) in [5.41, 5.74) is 10.8. The highest BCUT2D eigenvalue weighted by Crippen LogP contribution is 2.30. The SMILES string of the molecule is COCCOC(c1cccc(C)n1)n1c(NC2CCN(CC(N)C(C)C)CC2)nc2c(C)ccnc21. The predicted molar refractivity (Wildman–Crippen MR) is 143 cm³/mol. The summed E-state index contributed by atoms with van der Waals surface area (Å²) >= 11 is 0. The van der Waals surface area contributed by atoms with Crippen molar-refractivity contribution in [3.63, 3.8) is 0 Å². The van der Waals surface area contributed by atoms with Crippen LogP contribution < -0.4 is 11.1 Å². The number of nitrogens with two attached hydrogens (primary N) is 1. The molecule has 0 aliphatic carbocycles. The number of ether oxygens (including phenoxy) is 2. The van der Waals surface area contributed by atoms with Gasteiger partial charge in [0, 0.05) is 50.7 Å². The summed E-state index contributed by atoms with van der Waals surface area (Å²) in [6.45, 7) is 12.3. The minimum atomic E-state index is -0.481. The minimum absolute atomic E-state index is 0.208. The van der Waals surface area contributed by atoms with Crippen LogP contribution in [-0.4, -0.2) is 76.5 Å². The van der Waals surface area contributed by atoms with Crippen molar-refractivity contribution in [1.82, 2.24) is 24.4 Å². The lowest BCUT2D eigenvalue weighted by atomic mass is 10.0. The van der Waals surface area contributed by atoms with Gasteiger partial charge < -0.3 is 25.4 Å².